The summed E-state index contributed by atoms with van der Waals surface area (Å²) in [5.41, 5.74) is 1.10. The van der Waals surface area contributed by atoms with Gasteiger partial charge in [-0.1, -0.05) is 23.2 Å². The van der Waals surface area contributed by atoms with Crippen molar-refractivity contribution in [2.24, 2.45) is 0 Å². The average Bonchev–Trinajstić information content (AvgIpc) is 2.50. The third-order valence-corrected chi connectivity index (χ3v) is 3.60. The third kappa shape index (κ3) is 4.71. The van der Waals surface area contributed by atoms with Crippen LogP contribution in [0.1, 0.15) is 24.2 Å². The summed E-state index contributed by atoms with van der Waals surface area (Å²) in [5.74, 6) is -0.0123. The van der Waals surface area contributed by atoms with Crippen molar-refractivity contribution in [1.29, 1.82) is 0 Å². The van der Waals surface area contributed by atoms with Gasteiger partial charge >= 0.3 is 0 Å². The Morgan fingerprint density at radius 2 is 1.74 bits per heavy atom. The van der Waals surface area contributed by atoms with Crippen LogP contribution >= 0.6 is 23.2 Å². The molecule has 0 bridgehead atoms. The van der Waals surface area contributed by atoms with Gasteiger partial charge in [-0.3, -0.25) is 9.59 Å². The van der Waals surface area contributed by atoms with Gasteiger partial charge < -0.3 is 10.1 Å². The molecule has 0 aromatic heterocycles. The Morgan fingerprint density at radius 3 is 2.35 bits per heavy atom. The van der Waals surface area contributed by atoms with Crippen LogP contribution in [0.2, 0.25) is 10.0 Å². The van der Waals surface area contributed by atoms with Gasteiger partial charge in [0.25, 0.3) is 0 Å². The first-order chi connectivity index (χ1) is 10.9. The molecule has 0 aliphatic rings. The number of ketones is 1. The van der Waals surface area contributed by atoms with Crippen LogP contribution in [0.15, 0.2) is 42.5 Å². The summed E-state index contributed by atoms with van der Waals surface area (Å²) in [6.07, 6.45) is -0.724. The molecule has 0 saturated carbocycles. The zero-order valence-corrected chi connectivity index (χ0v) is 14.1. The highest BCUT2D eigenvalue weighted by molar-refractivity contribution is 6.34. The molecule has 0 heterocycles. The Hall–Kier alpha value is -2.04. The highest BCUT2D eigenvalue weighted by atomic mass is 35.5. The van der Waals surface area contributed by atoms with Crippen LogP contribution in [0, 0.1) is 0 Å². The molecular weight excluding hydrogens is 337 g/mol. The molecule has 0 aliphatic carbocycles. The Morgan fingerprint density at radius 1 is 1.09 bits per heavy atom. The molecule has 0 saturated heterocycles. The third-order valence-electron chi connectivity index (χ3n) is 3.06. The largest absolute Gasteiger partial charge is 0.481 e. The molecule has 6 heteroatoms. The van der Waals surface area contributed by atoms with Crippen molar-refractivity contribution in [2.45, 2.75) is 20.0 Å². The normalized spacial score (nSPS) is 11.7. The highest BCUT2D eigenvalue weighted by Gasteiger charge is 2.18. The molecule has 120 valence electrons. The minimum Gasteiger partial charge on any atom is -0.481 e. The predicted molar refractivity (Wildman–Crippen MR) is 91.6 cm³/mol. The fourth-order valence-electron chi connectivity index (χ4n) is 1.97. The van der Waals surface area contributed by atoms with Crippen molar-refractivity contribution < 1.29 is 14.3 Å². The van der Waals surface area contributed by atoms with Gasteiger partial charge in [-0.05, 0) is 43.3 Å². The molecule has 0 aliphatic heterocycles. The number of nitrogens with one attached hydrogen (secondary N) is 1. The number of rotatable bonds is 5. The van der Waals surface area contributed by atoms with Gasteiger partial charge in [-0.25, -0.2) is 0 Å². The van der Waals surface area contributed by atoms with Gasteiger partial charge in [0.2, 0.25) is 11.7 Å². The first-order valence-electron chi connectivity index (χ1n) is 6.90. The summed E-state index contributed by atoms with van der Waals surface area (Å²) in [6, 6.07) is 11.4. The number of halogens is 2. The maximum atomic E-state index is 12.4. The topological polar surface area (TPSA) is 55.4 Å². The Balaban J connectivity index is 2.10. The van der Waals surface area contributed by atoms with Gasteiger partial charge in [0.05, 0.1) is 5.02 Å². The molecule has 2 aromatic rings. The summed E-state index contributed by atoms with van der Waals surface area (Å²) in [5, 5.41) is 3.50. The lowest BCUT2D eigenvalue weighted by molar-refractivity contribution is -0.114. The lowest BCUT2D eigenvalue weighted by atomic mass is 10.1. The number of carbonyl (C=O) groups is 2. The maximum Gasteiger partial charge on any atom is 0.221 e. The van der Waals surface area contributed by atoms with E-state index in [9.17, 15) is 9.59 Å². The smallest absolute Gasteiger partial charge is 0.221 e. The summed E-state index contributed by atoms with van der Waals surface area (Å²) in [6.45, 7) is 3.06. The Bertz CT molecular complexity index is 729. The van der Waals surface area contributed by atoms with E-state index in [0.29, 0.717) is 27.0 Å². The van der Waals surface area contributed by atoms with Crippen LogP contribution in [0.3, 0.4) is 0 Å². The zero-order chi connectivity index (χ0) is 17.0. The average molecular weight is 352 g/mol. The maximum absolute atomic E-state index is 12.4. The molecule has 1 amide bonds. The number of hydrogen-bond acceptors (Lipinski definition) is 3. The number of carbonyl (C=O) groups excluding carboxylic acids is 2. The Kier molecular flexibility index (Phi) is 5.64. The fourth-order valence-corrected chi connectivity index (χ4v) is 2.29. The fraction of sp³-hybridized carbons (Fsp3) is 0.176. The SMILES string of the molecule is CC(=O)Nc1ccc(C(=O)C(C)Oc2cc(Cl)ccc2Cl)cc1. The molecule has 1 atom stereocenters. The van der Waals surface area contributed by atoms with Crippen LogP contribution < -0.4 is 10.1 Å². The first kappa shape index (κ1) is 17.3. The first-order valence-corrected chi connectivity index (χ1v) is 7.66. The van der Waals surface area contributed by atoms with Crippen molar-refractivity contribution in [3.63, 3.8) is 0 Å². The molecular formula is C17H15Cl2NO3. The van der Waals surface area contributed by atoms with Gasteiger partial charge in [0, 0.05) is 29.3 Å². The van der Waals surface area contributed by atoms with Crippen molar-refractivity contribution in [2.75, 3.05) is 5.32 Å². The van der Waals surface area contributed by atoms with Crippen molar-refractivity contribution >= 4 is 40.6 Å². The van der Waals surface area contributed by atoms with Gasteiger partial charge in [-0.15, -0.1) is 0 Å². The Labute approximate surface area is 144 Å². The standard InChI is InChI=1S/C17H15Cl2NO3/c1-10(23-16-9-13(18)5-8-15(16)19)17(22)12-3-6-14(7-4-12)20-11(2)21/h3-10H,1-2H3,(H,20,21). The summed E-state index contributed by atoms with van der Waals surface area (Å²) < 4.78 is 5.60. The summed E-state index contributed by atoms with van der Waals surface area (Å²) in [4.78, 5) is 23.4. The van der Waals surface area contributed by atoms with E-state index in [0.717, 1.165) is 0 Å². The number of anilines is 1. The lowest BCUT2D eigenvalue weighted by Crippen LogP contribution is -2.24. The molecule has 2 aromatic carbocycles. The van der Waals surface area contributed by atoms with E-state index < -0.39 is 6.10 Å². The molecule has 1 N–H and O–H groups in total. The molecule has 1 unspecified atom stereocenters. The van der Waals surface area contributed by atoms with Gasteiger partial charge in [0.15, 0.2) is 6.10 Å². The molecule has 4 nitrogen and oxygen atoms in total. The van der Waals surface area contributed by atoms with Crippen molar-refractivity contribution in [3.8, 4) is 5.75 Å². The molecule has 0 spiro atoms. The highest BCUT2D eigenvalue weighted by Crippen LogP contribution is 2.29. The van der Waals surface area contributed by atoms with E-state index in [1.165, 1.54) is 6.92 Å². The lowest BCUT2D eigenvalue weighted by Gasteiger charge is -2.15. The second-order valence-electron chi connectivity index (χ2n) is 4.96. The van der Waals surface area contributed by atoms with Gasteiger partial charge in [-0.2, -0.15) is 0 Å². The molecule has 2 rings (SSSR count). The van der Waals surface area contributed by atoms with Crippen LogP contribution in [0.25, 0.3) is 0 Å². The monoisotopic (exact) mass is 351 g/mol. The van der Waals surface area contributed by atoms with E-state index in [4.69, 9.17) is 27.9 Å². The summed E-state index contributed by atoms with van der Waals surface area (Å²) >= 11 is 11.9. The van der Waals surface area contributed by atoms with Crippen molar-refractivity contribution in [3.05, 3.63) is 58.1 Å². The van der Waals surface area contributed by atoms with Crippen molar-refractivity contribution in [1.82, 2.24) is 0 Å². The second kappa shape index (κ2) is 7.49. The van der Waals surface area contributed by atoms with Crippen LogP contribution in [0.4, 0.5) is 5.69 Å². The number of amides is 1. The van der Waals surface area contributed by atoms with E-state index in [1.807, 2.05) is 0 Å². The van der Waals surface area contributed by atoms with E-state index in [1.54, 1.807) is 49.4 Å². The minimum atomic E-state index is -0.724. The summed E-state index contributed by atoms with van der Waals surface area (Å²) in [7, 11) is 0. The van der Waals surface area contributed by atoms with Gasteiger partial charge in [0.1, 0.15) is 5.75 Å². The van der Waals surface area contributed by atoms with Crippen LogP contribution in [0.5, 0.6) is 5.75 Å². The van der Waals surface area contributed by atoms with E-state index >= 15 is 0 Å². The number of ether oxygens (including phenoxy) is 1. The number of benzene rings is 2. The zero-order valence-electron chi connectivity index (χ0n) is 12.6. The second-order valence-corrected chi connectivity index (χ2v) is 5.80. The van der Waals surface area contributed by atoms with Crippen LogP contribution in [-0.4, -0.2) is 17.8 Å². The molecule has 23 heavy (non-hydrogen) atoms. The number of hydrogen-bond donors (Lipinski definition) is 1. The number of Topliss-reactive ketones (excluding diaryl/α,β-unsaturated/α-hetero) is 1. The molecule has 0 radical (unpaired) electrons. The van der Waals surface area contributed by atoms with E-state index in [2.05, 4.69) is 5.32 Å². The minimum absolute atomic E-state index is 0.170. The van der Waals surface area contributed by atoms with Crippen LogP contribution in [-0.2, 0) is 4.79 Å². The van der Waals surface area contributed by atoms with E-state index in [-0.39, 0.29) is 11.7 Å². The predicted octanol–water partition coefficient (Wildman–Crippen LogP) is 4.60. The molecule has 0 fully saturated rings. The quantitative estimate of drug-likeness (QED) is 0.800.